The maximum atomic E-state index is 12.5. The van der Waals surface area contributed by atoms with E-state index in [0.29, 0.717) is 23.6 Å². The van der Waals surface area contributed by atoms with Crippen molar-refractivity contribution in [2.45, 2.75) is 17.4 Å². The molecule has 3 rings (SSSR count). The summed E-state index contributed by atoms with van der Waals surface area (Å²) >= 11 is 1.67. The second-order valence-electron chi connectivity index (χ2n) is 5.99. The molecule has 0 fully saturated rings. The summed E-state index contributed by atoms with van der Waals surface area (Å²) in [4.78, 5) is 12.4. The molecular weight excluding hydrogens is 400 g/mol. The van der Waals surface area contributed by atoms with E-state index in [0.717, 1.165) is 5.75 Å². The van der Waals surface area contributed by atoms with Gasteiger partial charge in [-0.3, -0.25) is 4.40 Å². The number of primary sulfonamides is 1. The number of fused-ring (bicyclic) bond motifs is 1. The van der Waals surface area contributed by atoms with Crippen molar-refractivity contribution in [3.63, 3.8) is 0 Å². The van der Waals surface area contributed by atoms with E-state index in [4.69, 9.17) is 5.14 Å². The van der Waals surface area contributed by atoms with Crippen LogP contribution in [-0.4, -0.2) is 41.1 Å². The van der Waals surface area contributed by atoms with E-state index in [1.165, 1.54) is 24.3 Å². The molecule has 0 radical (unpaired) electrons. The van der Waals surface area contributed by atoms with Crippen LogP contribution in [0.4, 0.5) is 10.5 Å². The molecule has 0 saturated carbocycles. The number of urea groups is 1. The maximum Gasteiger partial charge on any atom is 0.319 e. The van der Waals surface area contributed by atoms with Gasteiger partial charge < -0.3 is 10.6 Å². The number of thioether (sulfide) groups is 1. The molecule has 1 unspecified atom stereocenters. The van der Waals surface area contributed by atoms with Gasteiger partial charge in [0, 0.05) is 11.9 Å². The number of rotatable bonds is 7. The number of pyridine rings is 1. The van der Waals surface area contributed by atoms with Crippen molar-refractivity contribution in [2.75, 3.05) is 17.3 Å². The highest BCUT2D eigenvalue weighted by atomic mass is 32.2. The van der Waals surface area contributed by atoms with Crippen LogP contribution in [-0.2, 0) is 10.0 Å². The molecule has 0 aliphatic carbocycles. The maximum absolute atomic E-state index is 12.5. The Morgan fingerprint density at radius 2 is 1.96 bits per heavy atom. The fourth-order valence-corrected chi connectivity index (χ4v) is 3.64. The standard InChI is InChI=1S/C17H20N6O3S2/c1-27-11-9-14(16-22-21-15-4-2-3-10-23(15)16)20-17(24)19-12-5-7-13(8-6-12)28(18,25)26/h2-8,10,14H,9,11H2,1H3,(H2,18,25,26)(H2,19,20,24). The number of amides is 2. The van der Waals surface area contributed by atoms with Gasteiger partial charge in [0.15, 0.2) is 11.5 Å². The number of aromatic nitrogens is 3. The lowest BCUT2D eigenvalue weighted by molar-refractivity contribution is 0.247. The fourth-order valence-electron chi connectivity index (χ4n) is 2.65. The first-order chi connectivity index (χ1) is 13.4. The highest BCUT2D eigenvalue weighted by molar-refractivity contribution is 7.98. The summed E-state index contributed by atoms with van der Waals surface area (Å²) in [5, 5.41) is 19.0. The highest BCUT2D eigenvalue weighted by Crippen LogP contribution is 2.19. The van der Waals surface area contributed by atoms with E-state index < -0.39 is 16.1 Å². The Bertz CT molecular complexity index is 1070. The molecule has 0 spiro atoms. The molecule has 2 amide bonds. The molecule has 0 aliphatic rings. The lowest BCUT2D eigenvalue weighted by Gasteiger charge is -2.17. The summed E-state index contributed by atoms with van der Waals surface area (Å²) < 4.78 is 24.5. The second-order valence-corrected chi connectivity index (χ2v) is 8.54. The van der Waals surface area contributed by atoms with Crippen LogP contribution in [0.15, 0.2) is 53.6 Å². The first-order valence-corrected chi connectivity index (χ1v) is 11.3. The predicted octanol–water partition coefficient (Wildman–Crippen LogP) is 1.99. The number of hydrogen-bond acceptors (Lipinski definition) is 6. The zero-order chi connectivity index (χ0) is 20.1. The Morgan fingerprint density at radius 3 is 2.64 bits per heavy atom. The lowest BCUT2D eigenvalue weighted by atomic mass is 10.2. The molecule has 1 atom stereocenters. The predicted molar refractivity (Wildman–Crippen MR) is 109 cm³/mol. The van der Waals surface area contributed by atoms with Crippen LogP contribution in [0.1, 0.15) is 18.3 Å². The minimum atomic E-state index is -3.78. The third-order valence-corrected chi connectivity index (χ3v) is 5.58. The molecule has 0 bridgehead atoms. The molecular formula is C17H20N6O3S2. The number of nitrogens with two attached hydrogens (primary N) is 1. The Hall–Kier alpha value is -2.63. The normalized spacial score (nSPS) is 12.6. The first-order valence-electron chi connectivity index (χ1n) is 8.37. The highest BCUT2D eigenvalue weighted by Gasteiger charge is 2.20. The zero-order valence-corrected chi connectivity index (χ0v) is 16.7. The van der Waals surface area contributed by atoms with Gasteiger partial charge in [0.25, 0.3) is 0 Å². The van der Waals surface area contributed by atoms with Crippen molar-refractivity contribution < 1.29 is 13.2 Å². The van der Waals surface area contributed by atoms with Gasteiger partial charge in [0.2, 0.25) is 10.0 Å². The number of carbonyl (C=O) groups is 1. The van der Waals surface area contributed by atoms with Crippen LogP contribution in [0.3, 0.4) is 0 Å². The van der Waals surface area contributed by atoms with Crippen LogP contribution in [0.25, 0.3) is 5.65 Å². The average molecular weight is 421 g/mol. The van der Waals surface area contributed by atoms with Crippen molar-refractivity contribution >= 4 is 39.2 Å². The van der Waals surface area contributed by atoms with E-state index in [1.807, 2.05) is 35.1 Å². The monoisotopic (exact) mass is 420 g/mol. The molecule has 2 heterocycles. The third kappa shape index (κ3) is 4.80. The van der Waals surface area contributed by atoms with E-state index >= 15 is 0 Å². The summed E-state index contributed by atoms with van der Waals surface area (Å²) in [6.45, 7) is 0. The molecule has 4 N–H and O–H groups in total. The summed E-state index contributed by atoms with van der Waals surface area (Å²) in [6.07, 6.45) is 4.52. The zero-order valence-electron chi connectivity index (χ0n) is 15.1. The number of benzene rings is 1. The molecule has 2 aromatic heterocycles. The topological polar surface area (TPSA) is 131 Å². The fraction of sp³-hybridized carbons (Fsp3) is 0.235. The van der Waals surface area contributed by atoms with Crippen molar-refractivity contribution in [3.05, 3.63) is 54.5 Å². The molecule has 3 aromatic rings. The summed E-state index contributed by atoms with van der Waals surface area (Å²) in [5.41, 5.74) is 1.15. The Kier molecular flexibility index (Phi) is 6.17. The van der Waals surface area contributed by atoms with Gasteiger partial charge in [-0.25, -0.2) is 18.4 Å². The van der Waals surface area contributed by atoms with Crippen LogP contribution < -0.4 is 15.8 Å². The lowest BCUT2D eigenvalue weighted by Crippen LogP contribution is -2.34. The van der Waals surface area contributed by atoms with Gasteiger partial charge in [-0.1, -0.05) is 6.07 Å². The molecule has 1 aromatic carbocycles. The number of sulfonamides is 1. The minimum absolute atomic E-state index is 0.0220. The Labute approximate surface area is 166 Å². The average Bonchev–Trinajstić information content (AvgIpc) is 3.09. The summed E-state index contributed by atoms with van der Waals surface area (Å²) in [5.74, 6) is 1.47. The molecule has 0 saturated heterocycles. The first kappa shape index (κ1) is 20.1. The molecule has 9 nitrogen and oxygen atoms in total. The number of hydrogen-bond donors (Lipinski definition) is 3. The van der Waals surface area contributed by atoms with Gasteiger partial charge in [0.05, 0.1) is 10.9 Å². The number of carbonyl (C=O) groups excluding carboxylic acids is 1. The van der Waals surface area contributed by atoms with Gasteiger partial charge in [-0.05, 0) is 54.8 Å². The third-order valence-electron chi connectivity index (χ3n) is 4.01. The number of nitrogens with zero attached hydrogens (tertiary/aromatic N) is 3. The summed E-state index contributed by atoms with van der Waals surface area (Å²) in [7, 11) is -3.78. The van der Waals surface area contributed by atoms with Crippen LogP contribution in [0.5, 0.6) is 0 Å². The van der Waals surface area contributed by atoms with Gasteiger partial charge in [0.1, 0.15) is 0 Å². The van der Waals surface area contributed by atoms with Crippen molar-refractivity contribution in [1.82, 2.24) is 19.9 Å². The quantitative estimate of drug-likeness (QED) is 0.536. The second kappa shape index (κ2) is 8.59. The molecule has 11 heteroatoms. The molecule has 0 aliphatic heterocycles. The minimum Gasteiger partial charge on any atom is -0.328 e. The summed E-state index contributed by atoms with van der Waals surface area (Å²) in [6, 6.07) is 10.4. The molecule has 28 heavy (non-hydrogen) atoms. The van der Waals surface area contributed by atoms with Crippen molar-refractivity contribution in [2.24, 2.45) is 5.14 Å². The van der Waals surface area contributed by atoms with E-state index in [-0.39, 0.29) is 10.9 Å². The van der Waals surface area contributed by atoms with Crippen LogP contribution in [0, 0.1) is 0 Å². The SMILES string of the molecule is CSCCC(NC(=O)Nc1ccc(S(N)(=O)=O)cc1)c1nnc2ccccn12. The van der Waals surface area contributed by atoms with Crippen molar-refractivity contribution in [3.8, 4) is 0 Å². The largest absolute Gasteiger partial charge is 0.328 e. The van der Waals surface area contributed by atoms with E-state index in [9.17, 15) is 13.2 Å². The van der Waals surface area contributed by atoms with Crippen LogP contribution >= 0.6 is 11.8 Å². The van der Waals surface area contributed by atoms with Gasteiger partial charge >= 0.3 is 6.03 Å². The number of nitrogens with one attached hydrogen (secondary N) is 2. The number of anilines is 1. The Balaban J connectivity index is 1.74. The van der Waals surface area contributed by atoms with Crippen LogP contribution in [0.2, 0.25) is 0 Å². The van der Waals surface area contributed by atoms with Gasteiger partial charge in [-0.15, -0.1) is 10.2 Å². The van der Waals surface area contributed by atoms with Crippen molar-refractivity contribution in [1.29, 1.82) is 0 Å². The van der Waals surface area contributed by atoms with Gasteiger partial charge in [-0.2, -0.15) is 11.8 Å². The Morgan fingerprint density at radius 1 is 1.21 bits per heavy atom. The smallest absolute Gasteiger partial charge is 0.319 e. The van der Waals surface area contributed by atoms with E-state index in [2.05, 4.69) is 20.8 Å². The van der Waals surface area contributed by atoms with E-state index in [1.54, 1.807) is 11.8 Å². The molecule has 148 valence electrons.